The first-order valence-electron chi connectivity index (χ1n) is 13.3. The SMILES string of the molecule is COc1cccc(C(C)(C)C2OC(CC(=O)N3CCC(C(=O)O)CC3)c3nocc3-c3ccc(Cl)cc32)c1OC. The number of ether oxygens (including phenoxy) is 3. The van der Waals surface area contributed by atoms with Crippen LogP contribution in [0.3, 0.4) is 0 Å². The van der Waals surface area contributed by atoms with E-state index in [4.69, 9.17) is 30.3 Å². The molecule has 0 radical (unpaired) electrons. The number of piperidine rings is 1. The molecule has 10 heteroatoms. The van der Waals surface area contributed by atoms with Gasteiger partial charge in [-0.3, -0.25) is 9.59 Å². The number of hydrogen-bond donors (Lipinski definition) is 1. The van der Waals surface area contributed by atoms with Crippen LogP contribution in [0.25, 0.3) is 11.1 Å². The number of carboxylic acids is 1. The number of likely N-dealkylation sites (tertiary alicyclic amines) is 1. The number of nitrogens with zero attached hydrogens (tertiary/aromatic N) is 2. The molecule has 0 aliphatic carbocycles. The van der Waals surface area contributed by atoms with Gasteiger partial charge in [-0.05, 0) is 42.2 Å². The van der Waals surface area contributed by atoms with Gasteiger partial charge < -0.3 is 28.7 Å². The lowest BCUT2D eigenvalue weighted by atomic mass is 9.74. The van der Waals surface area contributed by atoms with Crippen molar-refractivity contribution >= 4 is 23.5 Å². The summed E-state index contributed by atoms with van der Waals surface area (Å²) in [6, 6.07) is 11.3. The van der Waals surface area contributed by atoms with E-state index in [9.17, 15) is 14.7 Å². The minimum absolute atomic E-state index is 0.0286. The Balaban J connectivity index is 1.55. The van der Waals surface area contributed by atoms with E-state index in [0.717, 1.165) is 22.3 Å². The number of rotatable bonds is 7. The standard InChI is InChI=1S/C30H33ClN2O7/c1-30(2,22-6-5-7-23(37-3)27(22)38-4)28-20-14-18(31)8-9-19(20)21-16-39-32-26(21)24(40-28)15-25(34)33-12-10-17(11-13-33)29(35)36/h5-9,14,16-17,24,28H,10-13,15H2,1-4H3,(H,35,36). The Labute approximate surface area is 237 Å². The van der Waals surface area contributed by atoms with Gasteiger partial charge in [-0.1, -0.05) is 48.8 Å². The molecule has 212 valence electrons. The number of para-hydroxylation sites is 1. The van der Waals surface area contributed by atoms with E-state index in [2.05, 4.69) is 19.0 Å². The van der Waals surface area contributed by atoms with Crippen LogP contribution in [-0.4, -0.2) is 54.3 Å². The molecule has 2 aromatic carbocycles. The molecule has 1 N–H and O–H groups in total. The number of fused-ring (bicyclic) bond motifs is 3. The topological polar surface area (TPSA) is 111 Å². The van der Waals surface area contributed by atoms with Gasteiger partial charge in [-0.15, -0.1) is 0 Å². The molecule has 1 saturated heterocycles. The van der Waals surface area contributed by atoms with E-state index in [1.165, 1.54) is 0 Å². The second-order valence-corrected chi connectivity index (χ2v) is 11.2. The van der Waals surface area contributed by atoms with E-state index in [1.54, 1.807) is 25.4 Å². The molecule has 2 aliphatic heterocycles. The first-order chi connectivity index (χ1) is 19.1. The van der Waals surface area contributed by atoms with Crippen molar-refractivity contribution in [2.75, 3.05) is 27.3 Å². The van der Waals surface area contributed by atoms with Gasteiger partial charge in [0, 0.05) is 34.7 Å². The zero-order valence-electron chi connectivity index (χ0n) is 23.0. The predicted molar refractivity (Wildman–Crippen MR) is 148 cm³/mol. The molecule has 0 bridgehead atoms. The maximum Gasteiger partial charge on any atom is 0.306 e. The average Bonchev–Trinajstić information content (AvgIpc) is 3.39. The van der Waals surface area contributed by atoms with Gasteiger partial charge in [0.05, 0.1) is 32.7 Å². The number of amides is 1. The number of carbonyl (C=O) groups is 2. The van der Waals surface area contributed by atoms with Crippen LogP contribution >= 0.6 is 11.6 Å². The maximum atomic E-state index is 13.5. The molecule has 2 aliphatic rings. The Kier molecular flexibility index (Phi) is 7.79. The normalized spacial score (nSPS) is 19.4. The number of hydrogen-bond acceptors (Lipinski definition) is 7. The van der Waals surface area contributed by atoms with Crippen LogP contribution in [0.1, 0.15) is 62.1 Å². The Hall–Kier alpha value is -3.56. The van der Waals surface area contributed by atoms with Crippen molar-refractivity contribution in [2.45, 2.75) is 50.7 Å². The van der Waals surface area contributed by atoms with Crippen molar-refractivity contribution in [3.05, 3.63) is 64.5 Å². The fourth-order valence-corrected chi connectivity index (χ4v) is 6.06. The van der Waals surface area contributed by atoms with Gasteiger partial charge in [-0.2, -0.15) is 0 Å². The van der Waals surface area contributed by atoms with Crippen LogP contribution in [0.5, 0.6) is 11.5 Å². The fourth-order valence-electron chi connectivity index (χ4n) is 5.88. The molecule has 3 aromatic rings. The van der Waals surface area contributed by atoms with E-state index < -0.39 is 29.5 Å². The van der Waals surface area contributed by atoms with E-state index >= 15 is 0 Å². The smallest absolute Gasteiger partial charge is 0.306 e. The highest BCUT2D eigenvalue weighted by molar-refractivity contribution is 6.30. The molecule has 0 saturated carbocycles. The molecule has 2 atom stereocenters. The number of halogens is 1. The number of carboxylic acid groups (broad SMARTS) is 1. The lowest BCUT2D eigenvalue weighted by Gasteiger charge is -2.38. The largest absolute Gasteiger partial charge is 0.493 e. The summed E-state index contributed by atoms with van der Waals surface area (Å²) in [5.74, 6) is -0.173. The molecule has 0 spiro atoms. The van der Waals surface area contributed by atoms with Gasteiger partial charge in [-0.25, -0.2) is 0 Å². The number of methoxy groups -OCH3 is 2. The van der Waals surface area contributed by atoms with Crippen LogP contribution in [-0.2, 0) is 19.7 Å². The Morgan fingerprint density at radius 3 is 2.55 bits per heavy atom. The maximum absolute atomic E-state index is 13.5. The summed E-state index contributed by atoms with van der Waals surface area (Å²) >= 11 is 6.51. The van der Waals surface area contributed by atoms with E-state index in [0.29, 0.717) is 48.1 Å². The summed E-state index contributed by atoms with van der Waals surface area (Å²) in [5.41, 5.74) is 3.16. The van der Waals surface area contributed by atoms with Crippen molar-refractivity contribution in [1.29, 1.82) is 0 Å². The van der Waals surface area contributed by atoms with Gasteiger partial charge in [0.25, 0.3) is 0 Å². The van der Waals surface area contributed by atoms with Gasteiger partial charge >= 0.3 is 5.97 Å². The molecule has 40 heavy (non-hydrogen) atoms. The first-order valence-corrected chi connectivity index (χ1v) is 13.6. The molecule has 5 rings (SSSR count). The Morgan fingerprint density at radius 2 is 1.88 bits per heavy atom. The van der Waals surface area contributed by atoms with Crippen molar-refractivity contribution in [3.8, 4) is 22.6 Å². The highest BCUT2D eigenvalue weighted by Crippen LogP contribution is 2.53. The van der Waals surface area contributed by atoms with E-state index in [1.807, 2.05) is 36.4 Å². The summed E-state index contributed by atoms with van der Waals surface area (Å²) < 4.78 is 23.6. The molecular formula is C30H33ClN2O7. The molecule has 3 heterocycles. The summed E-state index contributed by atoms with van der Waals surface area (Å²) in [7, 11) is 3.20. The lowest BCUT2D eigenvalue weighted by Crippen LogP contribution is -2.41. The summed E-state index contributed by atoms with van der Waals surface area (Å²) in [6.45, 7) is 4.89. The van der Waals surface area contributed by atoms with Crippen LogP contribution in [0.4, 0.5) is 0 Å². The summed E-state index contributed by atoms with van der Waals surface area (Å²) in [4.78, 5) is 26.6. The predicted octanol–water partition coefficient (Wildman–Crippen LogP) is 5.82. The lowest BCUT2D eigenvalue weighted by molar-refractivity contribution is -0.147. The van der Waals surface area contributed by atoms with Crippen molar-refractivity contribution in [1.82, 2.24) is 10.1 Å². The van der Waals surface area contributed by atoms with Gasteiger partial charge in [0.1, 0.15) is 18.1 Å². The average molecular weight is 569 g/mol. The van der Waals surface area contributed by atoms with Crippen molar-refractivity contribution in [2.24, 2.45) is 5.92 Å². The Bertz CT molecular complexity index is 1410. The number of aliphatic carboxylic acids is 1. The molecule has 1 aromatic heterocycles. The highest BCUT2D eigenvalue weighted by atomic mass is 35.5. The third kappa shape index (κ3) is 5.04. The molecular weight excluding hydrogens is 536 g/mol. The number of benzene rings is 2. The number of aromatic nitrogens is 1. The van der Waals surface area contributed by atoms with Crippen LogP contribution in [0.15, 0.2) is 47.2 Å². The van der Waals surface area contributed by atoms with E-state index in [-0.39, 0.29) is 12.3 Å². The van der Waals surface area contributed by atoms with Crippen LogP contribution < -0.4 is 9.47 Å². The molecule has 1 amide bonds. The molecule has 2 unspecified atom stereocenters. The first kappa shape index (κ1) is 28.0. The summed E-state index contributed by atoms with van der Waals surface area (Å²) in [5, 5.41) is 14.2. The van der Waals surface area contributed by atoms with Crippen LogP contribution in [0, 0.1) is 5.92 Å². The summed E-state index contributed by atoms with van der Waals surface area (Å²) in [6.07, 6.45) is 1.18. The molecule has 9 nitrogen and oxygen atoms in total. The Morgan fingerprint density at radius 1 is 1.12 bits per heavy atom. The minimum Gasteiger partial charge on any atom is -0.493 e. The van der Waals surface area contributed by atoms with Crippen LogP contribution in [0.2, 0.25) is 5.02 Å². The van der Waals surface area contributed by atoms with Crippen molar-refractivity contribution in [3.63, 3.8) is 0 Å². The third-order valence-electron chi connectivity index (χ3n) is 8.10. The van der Waals surface area contributed by atoms with Crippen molar-refractivity contribution < 1.29 is 33.4 Å². The van der Waals surface area contributed by atoms with Gasteiger partial charge in [0.15, 0.2) is 11.5 Å². The zero-order chi connectivity index (χ0) is 28.6. The second kappa shape index (κ2) is 11.1. The third-order valence-corrected chi connectivity index (χ3v) is 8.33. The monoisotopic (exact) mass is 568 g/mol. The highest BCUT2D eigenvalue weighted by Gasteiger charge is 2.43. The zero-order valence-corrected chi connectivity index (χ0v) is 23.7. The second-order valence-electron chi connectivity index (χ2n) is 10.8. The minimum atomic E-state index is -0.819. The molecule has 1 fully saturated rings. The quantitative estimate of drug-likeness (QED) is 0.380. The fraction of sp³-hybridized carbons (Fsp3) is 0.433. The van der Waals surface area contributed by atoms with Gasteiger partial charge in [0.2, 0.25) is 5.91 Å². The number of carbonyl (C=O) groups excluding carboxylic acids is 1.